The van der Waals surface area contributed by atoms with E-state index in [0.717, 1.165) is 6.20 Å². The average Bonchev–Trinajstić information content (AvgIpc) is 2.33. The number of para-hydroxylation sites is 1. The van der Waals surface area contributed by atoms with Crippen LogP contribution in [0.1, 0.15) is 0 Å². The van der Waals surface area contributed by atoms with Crippen LogP contribution >= 0.6 is 15.9 Å². The number of hydrogen-bond acceptors (Lipinski definition) is 6. The van der Waals surface area contributed by atoms with E-state index in [4.69, 9.17) is 5.73 Å². The number of anilines is 3. The molecule has 1 heterocycles. The molecule has 2 aromatic rings. The third kappa shape index (κ3) is 2.76. The average molecular weight is 328 g/mol. The molecule has 9 heteroatoms. The summed E-state index contributed by atoms with van der Waals surface area (Å²) >= 11 is 3.14. The van der Waals surface area contributed by atoms with E-state index in [1.165, 1.54) is 12.1 Å². The van der Waals surface area contributed by atoms with Gasteiger partial charge in [0.2, 0.25) is 11.8 Å². The van der Waals surface area contributed by atoms with Crippen LogP contribution in [-0.4, -0.2) is 14.9 Å². The fraction of sp³-hybridized carbons (Fsp3) is 0. The molecule has 0 aliphatic carbocycles. The third-order valence-corrected chi connectivity index (χ3v) is 2.85. The maximum Gasteiger partial charge on any atom is 0.329 e. The largest absolute Gasteiger partial charge is 0.368 e. The highest BCUT2D eigenvalue weighted by Crippen LogP contribution is 2.31. The molecule has 0 radical (unpaired) electrons. The molecule has 7 nitrogen and oxygen atoms in total. The van der Waals surface area contributed by atoms with Crippen molar-refractivity contribution in [2.45, 2.75) is 0 Å². The summed E-state index contributed by atoms with van der Waals surface area (Å²) in [5.41, 5.74) is 5.00. The zero-order valence-corrected chi connectivity index (χ0v) is 10.9. The minimum absolute atomic E-state index is 0.0312. The molecule has 0 saturated carbocycles. The molecule has 3 N–H and O–H groups in total. The maximum atomic E-state index is 13.6. The van der Waals surface area contributed by atoms with Crippen LogP contribution < -0.4 is 11.1 Å². The van der Waals surface area contributed by atoms with Crippen LogP contribution in [0.25, 0.3) is 0 Å². The molecule has 0 aliphatic heterocycles. The minimum atomic E-state index is -0.684. The third-order valence-electron chi connectivity index (χ3n) is 2.19. The fourth-order valence-electron chi connectivity index (χ4n) is 1.35. The first-order chi connectivity index (χ1) is 8.99. The van der Waals surface area contributed by atoms with Gasteiger partial charge in [-0.2, -0.15) is 4.98 Å². The molecular weight excluding hydrogens is 321 g/mol. The molecule has 98 valence electrons. The van der Waals surface area contributed by atoms with Gasteiger partial charge in [0, 0.05) is 4.47 Å². The van der Waals surface area contributed by atoms with Crippen LogP contribution in [0.15, 0.2) is 28.9 Å². The van der Waals surface area contributed by atoms with E-state index >= 15 is 0 Å². The molecule has 0 bridgehead atoms. The Hall–Kier alpha value is -2.29. The Labute approximate surface area is 115 Å². The molecule has 0 saturated heterocycles. The summed E-state index contributed by atoms with van der Waals surface area (Å²) in [5, 5.41) is 13.4. The Morgan fingerprint density at radius 1 is 1.47 bits per heavy atom. The SMILES string of the molecule is Nc1ncc([N+](=O)[O-])c(Nc2c(F)cccc2Br)n1. The molecule has 0 fully saturated rings. The lowest BCUT2D eigenvalue weighted by Crippen LogP contribution is -2.05. The molecule has 2 rings (SSSR count). The number of nitrogen functional groups attached to an aromatic ring is 1. The van der Waals surface area contributed by atoms with Gasteiger partial charge in [0.15, 0.2) is 0 Å². The number of nitrogens with two attached hydrogens (primary N) is 1. The summed E-state index contributed by atoms with van der Waals surface area (Å²) in [6.07, 6.45) is 0.958. The Balaban J connectivity index is 2.49. The second-order valence-corrected chi connectivity index (χ2v) is 4.30. The zero-order chi connectivity index (χ0) is 14.0. The van der Waals surface area contributed by atoms with Crippen LogP contribution in [-0.2, 0) is 0 Å². The van der Waals surface area contributed by atoms with Crippen molar-refractivity contribution in [1.29, 1.82) is 0 Å². The number of halogens is 2. The van der Waals surface area contributed by atoms with Gasteiger partial charge in [0.05, 0.1) is 10.6 Å². The summed E-state index contributed by atoms with van der Waals surface area (Å²) in [6.45, 7) is 0. The molecule has 0 atom stereocenters. The number of hydrogen-bond donors (Lipinski definition) is 2. The summed E-state index contributed by atoms with van der Waals surface area (Å²) in [4.78, 5) is 17.4. The van der Waals surface area contributed by atoms with Crippen LogP contribution in [0.3, 0.4) is 0 Å². The quantitative estimate of drug-likeness (QED) is 0.662. The lowest BCUT2D eigenvalue weighted by Gasteiger charge is -2.09. The predicted molar refractivity (Wildman–Crippen MR) is 70.5 cm³/mol. The Kier molecular flexibility index (Phi) is 3.56. The zero-order valence-electron chi connectivity index (χ0n) is 9.30. The molecule has 1 aromatic carbocycles. The van der Waals surface area contributed by atoms with Gasteiger partial charge in [-0.1, -0.05) is 6.07 Å². The highest BCUT2D eigenvalue weighted by Gasteiger charge is 2.19. The summed E-state index contributed by atoms with van der Waals surface area (Å²) in [5.74, 6) is -0.912. The molecule has 0 amide bonds. The number of nitrogens with zero attached hydrogens (tertiary/aromatic N) is 3. The van der Waals surface area contributed by atoms with E-state index in [1.54, 1.807) is 6.07 Å². The van der Waals surface area contributed by atoms with E-state index in [0.29, 0.717) is 4.47 Å². The van der Waals surface area contributed by atoms with Gasteiger partial charge in [-0.15, -0.1) is 0 Å². The van der Waals surface area contributed by atoms with Gasteiger partial charge in [-0.05, 0) is 28.1 Å². The first kappa shape index (κ1) is 13.1. The molecule has 1 aromatic heterocycles. The minimum Gasteiger partial charge on any atom is -0.368 e. The van der Waals surface area contributed by atoms with Gasteiger partial charge in [-0.25, -0.2) is 9.37 Å². The molecule has 0 aliphatic rings. The summed E-state index contributed by atoms with van der Waals surface area (Å²) in [7, 11) is 0. The number of aromatic nitrogens is 2. The lowest BCUT2D eigenvalue weighted by atomic mass is 10.3. The highest BCUT2D eigenvalue weighted by atomic mass is 79.9. The molecule has 0 spiro atoms. The van der Waals surface area contributed by atoms with Crippen LogP contribution in [0.4, 0.5) is 27.5 Å². The van der Waals surface area contributed by atoms with Crippen molar-refractivity contribution < 1.29 is 9.31 Å². The highest BCUT2D eigenvalue weighted by molar-refractivity contribution is 9.10. The monoisotopic (exact) mass is 327 g/mol. The normalized spacial score (nSPS) is 10.2. The van der Waals surface area contributed by atoms with Gasteiger partial charge in [0.1, 0.15) is 12.0 Å². The van der Waals surface area contributed by atoms with Crippen molar-refractivity contribution >= 4 is 39.1 Å². The van der Waals surface area contributed by atoms with Crippen molar-refractivity contribution in [1.82, 2.24) is 9.97 Å². The number of nitro groups is 1. The van der Waals surface area contributed by atoms with Crippen molar-refractivity contribution in [3.05, 3.63) is 44.8 Å². The van der Waals surface area contributed by atoms with Crippen LogP contribution in [0.2, 0.25) is 0 Å². The number of rotatable bonds is 3. The lowest BCUT2D eigenvalue weighted by molar-refractivity contribution is -0.384. The fourth-order valence-corrected chi connectivity index (χ4v) is 1.79. The molecule has 0 unspecified atom stereocenters. The number of nitrogens with one attached hydrogen (secondary N) is 1. The van der Waals surface area contributed by atoms with Crippen molar-refractivity contribution in [2.24, 2.45) is 0 Å². The van der Waals surface area contributed by atoms with E-state index < -0.39 is 16.4 Å². The summed E-state index contributed by atoms with van der Waals surface area (Å²) in [6, 6.07) is 4.29. The van der Waals surface area contributed by atoms with Crippen molar-refractivity contribution in [3.8, 4) is 0 Å². The topological polar surface area (TPSA) is 107 Å². The van der Waals surface area contributed by atoms with E-state index in [1.807, 2.05) is 0 Å². The predicted octanol–water partition coefficient (Wildman–Crippen LogP) is 2.61. The maximum absolute atomic E-state index is 13.6. The van der Waals surface area contributed by atoms with E-state index in [9.17, 15) is 14.5 Å². The first-order valence-electron chi connectivity index (χ1n) is 4.97. The van der Waals surface area contributed by atoms with Crippen LogP contribution in [0.5, 0.6) is 0 Å². The second-order valence-electron chi connectivity index (χ2n) is 3.44. The Morgan fingerprint density at radius 2 is 2.21 bits per heavy atom. The summed E-state index contributed by atoms with van der Waals surface area (Å²) < 4.78 is 14.0. The Bertz CT molecular complexity index is 632. The van der Waals surface area contributed by atoms with E-state index in [2.05, 4.69) is 31.2 Å². The second kappa shape index (κ2) is 5.14. The van der Waals surface area contributed by atoms with Crippen LogP contribution in [0, 0.1) is 15.9 Å². The van der Waals surface area contributed by atoms with Crippen molar-refractivity contribution in [3.63, 3.8) is 0 Å². The molecule has 19 heavy (non-hydrogen) atoms. The van der Waals surface area contributed by atoms with Gasteiger partial charge < -0.3 is 11.1 Å². The van der Waals surface area contributed by atoms with Gasteiger partial charge in [0.25, 0.3) is 0 Å². The Morgan fingerprint density at radius 3 is 2.84 bits per heavy atom. The van der Waals surface area contributed by atoms with Gasteiger partial charge in [-0.3, -0.25) is 10.1 Å². The standard InChI is InChI=1S/C10H7BrFN5O2/c11-5-2-1-3-6(12)8(5)15-9-7(17(18)19)4-14-10(13)16-9/h1-4H,(H3,13,14,15,16). The smallest absolute Gasteiger partial charge is 0.329 e. The van der Waals surface area contributed by atoms with E-state index in [-0.39, 0.29) is 17.5 Å². The molecular formula is C10H7BrFN5O2. The first-order valence-corrected chi connectivity index (χ1v) is 5.76. The number of benzene rings is 1. The van der Waals surface area contributed by atoms with Gasteiger partial charge >= 0.3 is 5.69 Å². The van der Waals surface area contributed by atoms with Crippen molar-refractivity contribution in [2.75, 3.05) is 11.1 Å².